The number of carbonyl (C=O) groups is 3. The number of ether oxygens (including phenoxy) is 1. The van der Waals surface area contributed by atoms with E-state index in [0.29, 0.717) is 26.9 Å². The third kappa shape index (κ3) is 6.42. The van der Waals surface area contributed by atoms with Gasteiger partial charge in [0.25, 0.3) is 5.91 Å². The van der Waals surface area contributed by atoms with Crippen LogP contribution in [-0.4, -0.2) is 29.3 Å². The van der Waals surface area contributed by atoms with Crippen LogP contribution in [0.1, 0.15) is 23.6 Å². The minimum atomic E-state index is -0.711. The molecule has 0 aliphatic carbocycles. The highest BCUT2D eigenvalue weighted by Gasteiger charge is 2.35. The van der Waals surface area contributed by atoms with Crippen molar-refractivity contribution in [2.45, 2.75) is 20.0 Å². The zero-order chi connectivity index (χ0) is 27.4. The SMILES string of the molecule is CCc1ccccc1NC(=O)CN1C(=O)N/C(=C/c2cc(Cl)c(OCc3ccc(Cl)cc3Cl)c(Cl)c2)C1=O. The maximum atomic E-state index is 12.9. The van der Waals surface area contributed by atoms with Gasteiger partial charge in [-0.05, 0) is 54.0 Å². The maximum Gasteiger partial charge on any atom is 0.329 e. The van der Waals surface area contributed by atoms with Gasteiger partial charge in [-0.2, -0.15) is 0 Å². The Morgan fingerprint density at radius 2 is 1.68 bits per heavy atom. The summed E-state index contributed by atoms with van der Waals surface area (Å²) < 4.78 is 5.76. The van der Waals surface area contributed by atoms with Gasteiger partial charge in [-0.15, -0.1) is 0 Å². The van der Waals surface area contributed by atoms with E-state index in [-0.39, 0.29) is 28.1 Å². The van der Waals surface area contributed by atoms with E-state index >= 15 is 0 Å². The molecular weight excluding hydrogens is 572 g/mol. The van der Waals surface area contributed by atoms with E-state index in [0.717, 1.165) is 16.9 Å². The first-order valence-electron chi connectivity index (χ1n) is 11.4. The van der Waals surface area contributed by atoms with E-state index in [9.17, 15) is 14.4 Å². The summed E-state index contributed by atoms with van der Waals surface area (Å²) in [4.78, 5) is 38.7. The summed E-state index contributed by atoms with van der Waals surface area (Å²) in [5, 5.41) is 6.55. The lowest BCUT2D eigenvalue weighted by molar-refractivity contribution is -0.127. The van der Waals surface area contributed by atoms with Crippen LogP contribution >= 0.6 is 46.4 Å². The van der Waals surface area contributed by atoms with Crippen LogP contribution in [0.2, 0.25) is 20.1 Å². The second-order valence-electron chi connectivity index (χ2n) is 8.28. The number of imide groups is 1. The number of halogens is 4. The molecule has 11 heteroatoms. The molecule has 3 aromatic carbocycles. The van der Waals surface area contributed by atoms with Crippen molar-refractivity contribution >= 4 is 76.0 Å². The van der Waals surface area contributed by atoms with Gasteiger partial charge >= 0.3 is 6.03 Å². The van der Waals surface area contributed by atoms with Crippen molar-refractivity contribution in [1.29, 1.82) is 0 Å². The average molecular weight is 593 g/mol. The van der Waals surface area contributed by atoms with Crippen LogP contribution in [0, 0.1) is 0 Å². The van der Waals surface area contributed by atoms with E-state index in [1.807, 2.05) is 19.1 Å². The number of benzene rings is 3. The Morgan fingerprint density at radius 3 is 2.37 bits per heavy atom. The number of nitrogens with one attached hydrogen (secondary N) is 2. The lowest BCUT2D eigenvalue weighted by Crippen LogP contribution is -2.38. The zero-order valence-electron chi connectivity index (χ0n) is 20.0. The molecule has 2 N–H and O–H groups in total. The quantitative estimate of drug-likeness (QED) is 0.218. The van der Waals surface area contributed by atoms with Gasteiger partial charge in [-0.1, -0.05) is 77.6 Å². The molecule has 1 fully saturated rings. The van der Waals surface area contributed by atoms with E-state index in [4.69, 9.17) is 51.1 Å². The second kappa shape index (κ2) is 12.1. The third-order valence-electron chi connectivity index (χ3n) is 5.66. The summed E-state index contributed by atoms with van der Waals surface area (Å²) in [5.41, 5.74) is 2.69. The van der Waals surface area contributed by atoms with Gasteiger partial charge in [0.05, 0.1) is 10.0 Å². The Morgan fingerprint density at radius 1 is 0.974 bits per heavy atom. The van der Waals surface area contributed by atoms with Crippen LogP contribution in [0.5, 0.6) is 5.75 Å². The molecule has 7 nitrogen and oxygen atoms in total. The molecule has 0 atom stereocenters. The first kappa shape index (κ1) is 27.8. The molecular formula is C27H21Cl4N3O4. The Balaban J connectivity index is 1.45. The standard InChI is InChI=1S/C27H21Cl4N3O4/c1-2-16-5-3-4-6-22(16)32-24(35)13-34-26(36)23(33-27(34)37)11-15-9-20(30)25(21(31)10-15)38-14-17-7-8-18(28)12-19(17)29/h3-12H,2,13-14H2,1H3,(H,32,35)(H,33,37)/b23-11+. The topological polar surface area (TPSA) is 87.7 Å². The zero-order valence-corrected chi connectivity index (χ0v) is 23.0. The Bertz CT molecular complexity index is 1430. The van der Waals surface area contributed by atoms with Gasteiger partial charge < -0.3 is 15.4 Å². The highest BCUT2D eigenvalue weighted by atomic mass is 35.5. The Kier molecular flexibility index (Phi) is 8.84. The number of para-hydroxylation sites is 1. The number of anilines is 1. The van der Waals surface area contributed by atoms with Gasteiger partial charge in [0.2, 0.25) is 5.91 Å². The van der Waals surface area contributed by atoms with Crippen molar-refractivity contribution in [2.75, 3.05) is 11.9 Å². The molecule has 1 aliphatic heterocycles. The number of urea groups is 1. The summed E-state index contributed by atoms with van der Waals surface area (Å²) >= 11 is 24.9. The number of rotatable bonds is 8. The molecule has 196 valence electrons. The normalized spacial score (nSPS) is 14.1. The molecule has 4 rings (SSSR count). The Hall–Kier alpha value is -3.23. The molecule has 1 heterocycles. The molecule has 0 radical (unpaired) electrons. The fourth-order valence-corrected chi connectivity index (χ4v) is 4.83. The number of amides is 4. The number of nitrogens with zero attached hydrogens (tertiary/aromatic N) is 1. The fourth-order valence-electron chi connectivity index (χ4n) is 3.76. The fraction of sp³-hybridized carbons (Fsp3) is 0.148. The number of carbonyl (C=O) groups excluding carboxylic acids is 3. The van der Waals surface area contributed by atoms with Gasteiger partial charge in [0.15, 0.2) is 5.75 Å². The van der Waals surface area contributed by atoms with E-state index in [2.05, 4.69) is 10.6 Å². The highest BCUT2D eigenvalue weighted by molar-refractivity contribution is 6.37. The number of aryl methyl sites for hydroxylation is 1. The summed E-state index contributed by atoms with van der Waals surface area (Å²) in [6.45, 7) is 1.62. The minimum absolute atomic E-state index is 0.0227. The van der Waals surface area contributed by atoms with Crippen molar-refractivity contribution in [3.05, 3.63) is 97.1 Å². The summed E-state index contributed by atoms with van der Waals surface area (Å²) in [6, 6.07) is 14.7. The summed E-state index contributed by atoms with van der Waals surface area (Å²) in [5.74, 6) is -0.920. The molecule has 38 heavy (non-hydrogen) atoms. The molecule has 0 saturated carbocycles. The number of hydrogen-bond acceptors (Lipinski definition) is 4. The van der Waals surface area contributed by atoms with Crippen molar-refractivity contribution in [2.24, 2.45) is 0 Å². The smallest absolute Gasteiger partial charge is 0.329 e. The number of hydrogen-bond donors (Lipinski definition) is 2. The third-order valence-corrected chi connectivity index (χ3v) is 6.80. The van der Waals surface area contributed by atoms with E-state index in [1.165, 1.54) is 18.2 Å². The predicted molar refractivity (Wildman–Crippen MR) is 150 cm³/mol. The van der Waals surface area contributed by atoms with E-state index in [1.54, 1.807) is 30.3 Å². The second-order valence-corrected chi connectivity index (χ2v) is 9.93. The van der Waals surface area contributed by atoms with Crippen LogP contribution in [0.15, 0.2) is 60.3 Å². The highest BCUT2D eigenvalue weighted by Crippen LogP contribution is 2.36. The predicted octanol–water partition coefficient (Wildman–Crippen LogP) is 6.97. The van der Waals surface area contributed by atoms with Crippen LogP contribution < -0.4 is 15.4 Å². The monoisotopic (exact) mass is 591 g/mol. The molecule has 0 bridgehead atoms. The molecule has 0 spiro atoms. The molecule has 1 saturated heterocycles. The van der Waals surface area contributed by atoms with Crippen LogP contribution in [0.25, 0.3) is 6.08 Å². The van der Waals surface area contributed by atoms with Gasteiger partial charge in [-0.25, -0.2) is 9.69 Å². The molecule has 4 amide bonds. The molecule has 0 unspecified atom stereocenters. The Labute approximate surface area is 239 Å². The van der Waals surface area contributed by atoms with Crippen molar-refractivity contribution in [1.82, 2.24) is 10.2 Å². The lowest BCUT2D eigenvalue weighted by Gasteiger charge is -2.13. The van der Waals surface area contributed by atoms with Gasteiger partial charge in [0, 0.05) is 21.3 Å². The van der Waals surface area contributed by atoms with Gasteiger partial charge in [-0.3, -0.25) is 9.59 Å². The van der Waals surface area contributed by atoms with Crippen LogP contribution in [-0.2, 0) is 22.6 Å². The molecule has 3 aromatic rings. The van der Waals surface area contributed by atoms with Gasteiger partial charge in [0.1, 0.15) is 18.8 Å². The summed E-state index contributed by atoms with van der Waals surface area (Å²) in [6.07, 6.45) is 2.14. The maximum absolute atomic E-state index is 12.9. The molecule has 1 aliphatic rings. The molecule has 0 aromatic heterocycles. The van der Waals surface area contributed by atoms with Crippen molar-refractivity contribution in [3.8, 4) is 5.75 Å². The van der Waals surface area contributed by atoms with Crippen molar-refractivity contribution in [3.63, 3.8) is 0 Å². The minimum Gasteiger partial charge on any atom is -0.486 e. The van der Waals surface area contributed by atoms with Crippen molar-refractivity contribution < 1.29 is 19.1 Å². The average Bonchev–Trinajstić information content (AvgIpc) is 3.12. The summed E-state index contributed by atoms with van der Waals surface area (Å²) in [7, 11) is 0. The lowest BCUT2D eigenvalue weighted by atomic mass is 10.1. The van der Waals surface area contributed by atoms with E-state index < -0.39 is 24.4 Å². The largest absolute Gasteiger partial charge is 0.486 e. The first-order valence-corrected chi connectivity index (χ1v) is 13.0. The van der Waals surface area contributed by atoms with Crippen LogP contribution in [0.3, 0.4) is 0 Å². The first-order chi connectivity index (χ1) is 18.2. The van der Waals surface area contributed by atoms with Crippen LogP contribution in [0.4, 0.5) is 10.5 Å².